The first kappa shape index (κ1) is 16.9. The third-order valence-electron chi connectivity index (χ3n) is 3.35. The topological polar surface area (TPSA) is 56.8 Å². The van der Waals surface area contributed by atoms with Crippen molar-refractivity contribution in [1.29, 1.82) is 0 Å². The van der Waals surface area contributed by atoms with Crippen LogP contribution in [0.25, 0.3) is 0 Å². The van der Waals surface area contributed by atoms with Crippen molar-refractivity contribution in [2.24, 2.45) is 0 Å². The highest BCUT2D eigenvalue weighted by molar-refractivity contribution is 9.10. The van der Waals surface area contributed by atoms with E-state index in [2.05, 4.69) is 21.2 Å². The van der Waals surface area contributed by atoms with E-state index >= 15 is 0 Å². The molecule has 2 aromatic carbocycles. The highest BCUT2D eigenvalue weighted by Crippen LogP contribution is 2.37. The van der Waals surface area contributed by atoms with Crippen molar-refractivity contribution in [3.63, 3.8) is 0 Å². The minimum absolute atomic E-state index is 0.290. The van der Waals surface area contributed by atoms with Crippen LogP contribution in [0.2, 0.25) is 5.02 Å². The Bertz CT molecular complexity index is 781. The second kappa shape index (κ2) is 7.32. The molecule has 1 amide bonds. The molecule has 0 fully saturated rings. The predicted octanol–water partition coefficient (Wildman–Crippen LogP) is 4.52. The summed E-state index contributed by atoms with van der Waals surface area (Å²) in [5.74, 6) is 1.44. The van der Waals surface area contributed by atoms with Crippen LogP contribution in [0.1, 0.15) is 17.3 Å². The van der Waals surface area contributed by atoms with Crippen LogP contribution in [0.15, 0.2) is 34.8 Å². The van der Waals surface area contributed by atoms with Crippen LogP contribution >= 0.6 is 27.5 Å². The van der Waals surface area contributed by atoms with Crippen LogP contribution in [0.3, 0.4) is 0 Å². The smallest absolute Gasteiger partial charge is 0.255 e. The molecule has 0 aromatic heterocycles. The number of anilines is 1. The maximum atomic E-state index is 12.6. The van der Waals surface area contributed by atoms with Crippen LogP contribution in [0.4, 0.5) is 5.69 Å². The van der Waals surface area contributed by atoms with Gasteiger partial charge in [-0.2, -0.15) is 0 Å². The lowest BCUT2D eigenvalue weighted by Crippen LogP contribution is -2.17. The van der Waals surface area contributed by atoms with Crippen molar-refractivity contribution in [2.75, 3.05) is 25.1 Å². The normalized spacial score (nSPS) is 12.6. The molecule has 0 radical (unpaired) electrons. The fourth-order valence-electron chi connectivity index (χ4n) is 2.32. The van der Waals surface area contributed by atoms with Crippen molar-refractivity contribution in [1.82, 2.24) is 0 Å². The molecule has 5 nitrogen and oxygen atoms in total. The number of fused-ring (bicyclic) bond motifs is 1. The van der Waals surface area contributed by atoms with E-state index < -0.39 is 0 Å². The zero-order chi connectivity index (χ0) is 17.1. The molecule has 0 saturated heterocycles. The molecular weight excluding hydrogens is 398 g/mol. The van der Waals surface area contributed by atoms with E-state index in [1.165, 1.54) is 0 Å². The molecule has 0 aliphatic carbocycles. The lowest BCUT2D eigenvalue weighted by atomic mass is 10.1. The van der Waals surface area contributed by atoms with Crippen LogP contribution in [-0.2, 0) is 0 Å². The summed E-state index contributed by atoms with van der Waals surface area (Å²) in [4.78, 5) is 12.6. The molecule has 24 heavy (non-hydrogen) atoms. The van der Waals surface area contributed by atoms with Crippen LogP contribution < -0.4 is 19.5 Å². The van der Waals surface area contributed by atoms with E-state index in [1.54, 1.807) is 30.3 Å². The number of nitrogens with one attached hydrogen (secondary N) is 1. The van der Waals surface area contributed by atoms with E-state index in [-0.39, 0.29) is 5.91 Å². The number of halogens is 2. The van der Waals surface area contributed by atoms with Gasteiger partial charge < -0.3 is 19.5 Å². The molecule has 1 heterocycles. The summed E-state index contributed by atoms with van der Waals surface area (Å²) in [5, 5.41) is 3.31. The van der Waals surface area contributed by atoms with Gasteiger partial charge in [-0.3, -0.25) is 4.79 Å². The lowest BCUT2D eigenvalue weighted by Gasteiger charge is -2.19. The van der Waals surface area contributed by atoms with Gasteiger partial charge in [0.05, 0.1) is 16.8 Å². The lowest BCUT2D eigenvalue weighted by molar-refractivity contribution is 0.102. The number of benzene rings is 2. The van der Waals surface area contributed by atoms with Gasteiger partial charge in [0.15, 0.2) is 17.2 Å². The van der Waals surface area contributed by atoms with Gasteiger partial charge in [0, 0.05) is 10.6 Å². The molecule has 0 spiro atoms. The van der Waals surface area contributed by atoms with Gasteiger partial charge in [-0.1, -0.05) is 11.6 Å². The van der Waals surface area contributed by atoms with Crippen molar-refractivity contribution in [2.45, 2.75) is 6.92 Å². The van der Waals surface area contributed by atoms with Gasteiger partial charge in [-0.25, -0.2) is 0 Å². The third-order valence-corrected chi connectivity index (χ3v) is 4.16. The second-order valence-electron chi connectivity index (χ2n) is 5.01. The summed E-state index contributed by atoms with van der Waals surface area (Å²) >= 11 is 9.47. The molecule has 1 aliphatic heterocycles. The quantitative estimate of drug-likeness (QED) is 0.802. The molecule has 3 rings (SSSR count). The summed E-state index contributed by atoms with van der Waals surface area (Å²) < 4.78 is 17.2. The van der Waals surface area contributed by atoms with E-state index in [0.717, 1.165) is 0 Å². The minimum atomic E-state index is -0.290. The van der Waals surface area contributed by atoms with Gasteiger partial charge in [0.2, 0.25) is 0 Å². The summed E-state index contributed by atoms with van der Waals surface area (Å²) in [5.41, 5.74) is 0.953. The van der Waals surface area contributed by atoms with Crippen molar-refractivity contribution in [3.8, 4) is 17.2 Å². The van der Waals surface area contributed by atoms with E-state index in [0.29, 0.717) is 57.8 Å². The highest BCUT2D eigenvalue weighted by Gasteiger charge is 2.17. The minimum Gasteiger partial charge on any atom is -0.491 e. The maximum Gasteiger partial charge on any atom is 0.255 e. The number of rotatable bonds is 4. The van der Waals surface area contributed by atoms with Gasteiger partial charge in [0.25, 0.3) is 5.91 Å². The predicted molar refractivity (Wildman–Crippen MR) is 95.7 cm³/mol. The Labute approximate surface area is 153 Å². The van der Waals surface area contributed by atoms with Crippen LogP contribution in [0.5, 0.6) is 17.2 Å². The second-order valence-corrected chi connectivity index (χ2v) is 6.30. The van der Waals surface area contributed by atoms with Gasteiger partial charge in [-0.15, -0.1) is 0 Å². The fraction of sp³-hybridized carbons (Fsp3) is 0.235. The van der Waals surface area contributed by atoms with E-state index in [4.69, 9.17) is 25.8 Å². The largest absolute Gasteiger partial charge is 0.491 e. The van der Waals surface area contributed by atoms with Gasteiger partial charge >= 0.3 is 0 Å². The Balaban J connectivity index is 1.87. The number of ether oxygens (including phenoxy) is 3. The van der Waals surface area contributed by atoms with Crippen molar-refractivity contribution >= 4 is 39.1 Å². The van der Waals surface area contributed by atoms with Crippen LogP contribution in [-0.4, -0.2) is 25.7 Å². The number of hydrogen-bond acceptors (Lipinski definition) is 4. The molecule has 0 unspecified atom stereocenters. The van der Waals surface area contributed by atoms with Crippen molar-refractivity contribution in [3.05, 3.63) is 45.4 Å². The molecule has 1 N–H and O–H groups in total. The van der Waals surface area contributed by atoms with E-state index in [1.807, 2.05) is 6.92 Å². The Kier molecular flexibility index (Phi) is 5.16. The van der Waals surface area contributed by atoms with Gasteiger partial charge in [-0.05, 0) is 53.2 Å². The monoisotopic (exact) mass is 411 g/mol. The molecular formula is C17H15BrClNO4. The number of amides is 1. The SMILES string of the molecule is CCOc1c(Br)cc(Cl)cc1NC(=O)c1ccc2c(c1)OCCO2. The van der Waals surface area contributed by atoms with Crippen LogP contribution in [0, 0.1) is 0 Å². The summed E-state index contributed by atoms with van der Waals surface area (Å²) in [6.45, 7) is 3.31. The highest BCUT2D eigenvalue weighted by atomic mass is 79.9. The third kappa shape index (κ3) is 3.60. The maximum absolute atomic E-state index is 12.6. The molecule has 2 aromatic rings. The molecule has 0 bridgehead atoms. The average Bonchev–Trinajstić information content (AvgIpc) is 2.57. The zero-order valence-corrected chi connectivity index (χ0v) is 15.2. The molecule has 0 saturated carbocycles. The molecule has 1 aliphatic rings. The van der Waals surface area contributed by atoms with E-state index in [9.17, 15) is 4.79 Å². The van der Waals surface area contributed by atoms with Crippen molar-refractivity contribution < 1.29 is 19.0 Å². The molecule has 0 atom stereocenters. The number of carbonyl (C=O) groups is 1. The fourth-order valence-corrected chi connectivity index (χ4v) is 3.25. The molecule has 7 heteroatoms. The Morgan fingerprint density at radius 2 is 2.00 bits per heavy atom. The number of carbonyl (C=O) groups excluding carboxylic acids is 1. The van der Waals surface area contributed by atoms with Gasteiger partial charge in [0.1, 0.15) is 13.2 Å². The Hall–Kier alpha value is -1.92. The standard InChI is InChI=1S/C17H15BrClNO4/c1-2-22-16-12(18)8-11(19)9-13(16)20-17(21)10-3-4-14-15(7-10)24-6-5-23-14/h3-4,7-9H,2,5-6H2,1H3,(H,20,21). The first-order valence-corrected chi connectivity index (χ1v) is 8.58. The number of hydrogen-bond donors (Lipinski definition) is 1. The Morgan fingerprint density at radius 1 is 1.25 bits per heavy atom. The average molecular weight is 413 g/mol. The molecule has 126 valence electrons. The summed E-state index contributed by atoms with van der Waals surface area (Å²) in [6, 6.07) is 8.42. The zero-order valence-electron chi connectivity index (χ0n) is 12.9. The summed E-state index contributed by atoms with van der Waals surface area (Å²) in [6.07, 6.45) is 0. The first-order chi connectivity index (χ1) is 11.6. The Morgan fingerprint density at radius 3 is 2.75 bits per heavy atom. The summed E-state index contributed by atoms with van der Waals surface area (Å²) in [7, 11) is 0. The first-order valence-electron chi connectivity index (χ1n) is 7.41.